The summed E-state index contributed by atoms with van der Waals surface area (Å²) >= 11 is 0. The van der Waals surface area contributed by atoms with Gasteiger partial charge in [0, 0.05) is 31.2 Å². The van der Waals surface area contributed by atoms with Crippen LogP contribution in [0, 0.1) is 5.92 Å². The van der Waals surface area contributed by atoms with Gasteiger partial charge in [-0.3, -0.25) is 4.79 Å². The molecule has 3 rings (SSSR count). The van der Waals surface area contributed by atoms with E-state index in [0.717, 1.165) is 0 Å². The Kier molecular flexibility index (Phi) is 5.94. The van der Waals surface area contributed by atoms with Crippen LogP contribution in [0.4, 0.5) is 19.0 Å². The Balaban J connectivity index is 1.72. The van der Waals surface area contributed by atoms with Gasteiger partial charge in [0.1, 0.15) is 11.3 Å². The van der Waals surface area contributed by atoms with Gasteiger partial charge in [-0.25, -0.2) is 14.8 Å². The number of amides is 1. The molecule has 2 aromatic heterocycles. The maximum absolute atomic E-state index is 12.3. The molecule has 1 atom stereocenters. The molecule has 1 aliphatic rings. The number of fused-ring (bicyclic) bond motifs is 1. The first-order chi connectivity index (χ1) is 13.6. The zero-order valence-corrected chi connectivity index (χ0v) is 16.0. The number of rotatable bonds is 5. The second kappa shape index (κ2) is 8.26. The van der Waals surface area contributed by atoms with Gasteiger partial charge in [-0.2, -0.15) is 13.2 Å². The average Bonchev–Trinajstić information content (AvgIpc) is 3.08. The lowest BCUT2D eigenvalue weighted by Gasteiger charge is -2.33. The van der Waals surface area contributed by atoms with Crippen LogP contribution in [0.3, 0.4) is 0 Å². The number of H-pyrrole nitrogens is 1. The normalized spacial score (nSPS) is 17.6. The molecule has 1 fully saturated rings. The number of nitrogens with zero attached hydrogens (tertiary/aromatic N) is 3. The van der Waals surface area contributed by atoms with Gasteiger partial charge in [0.15, 0.2) is 5.65 Å². The number of aromatic nitrogens is 3. The summed E-state index contributed by atoms with van der Waals surface area (Å²) in [6.07, 6.45) is -0.549. The van der Waals surface area contributed by atoms with E-state index in [0.29, 0.717) is 48.5 Å². The molecule has 11 heteroatoms. The Hall–Kier alpha value is -2.85. The number of piperidine rings is 1. The number of alkyl halides is 3. The van der Waals surface area contributed by atoms with Crippen LogP contribution < -0.4 is 10.2 Å². The molecule has 0 spiro atoms. The lowest BCUT2D eigenvalue weighted by Crippen LogP contribution is -2.39. The molecule has 8 nitrogen and oxygen atoms in total. The number of hydrogen-bond donors (Lipinski definition) is 2. The van der Waals surface area contributed by atoms with Crippen molar-refractivity contribution in [1.82, 2.24) is 20.3 Å². The van der Waals surface area contributed by atoms with Crippen LogP contribution in [0.25, 0.3) is 11.2 Å². The highest BCUT2D eigenvalue weighted by molar-refractivity contribution is 6.04. The molecule has 1 aliphatic heterocycles. The van der Waals surface area contributed by atoms with E-state index in [-0.39, 0.29) is 24.5 Å². The molecule has 29 heavy (non-hydrogen) atoms. The number of ether oxygens (including phenoxy) is 1. The van der Waals surface area contributed by atoms with Crippen molar-refractivity contribution in [3.05, 3.63) is 18.0 Å². The van der Waals surface area contributed by atoms with Crippen LogP contribution in [0.5, 0.6) is 0 Å². The first-order valence-corrected chi connectivity index (χ1v) is 9.29. The molecule has 2 aromatic rings. The molecule has 3 heterocycles. The molecule has 0 aliphatic carbocycles. The van der Waals surface area contributed by atoms with E-state index in [1.54, 1.807) is 12.4 Å². The summed E-state index contributed by atoms with van der Waals surface area (Å²) in [6.45, 7) is 4.41. The lowest BCUT2D eigenvalue weighted by molar-refractivity contribution is -0.200. The van der Waals surface area contributed by atoms with Gasteiger partial charge in [0.2, 0.25) is 0 Å². The monoisotopic (exact) mass is 413 g/mol. The third-order valence-corrected chi connectivity index (χ3v) is 4.56. The predicted octanol–water partition coefficient (Wildman–Crippen LogP) is 2.42. The van der Waals surface area contributed by atoms with Crippen molar-refractivity contribution in [2.24, 2.45) is 5.92 Å². The molecule has 0 bridgehead atoms. The zero-order valence-electron chi connectivity index (χ0n) is 16.0. The van der Waals surface area contributed by atoms with E-state index in [4.69, 9.17) is 0 Å². The first-order valence-electron chi connectivity index (χ1n) is 9.29. The van der Waals surface area contributed by atoms with E-state index in [1.807, 2.05) is 18.7 Å². The van der Waals surface area contributed by atoms with Crippen molar-refractivity contribution in [3.63, 3.8) is 0 Å². The van der Waals surface area contributed by atoms with E-state index in [2.05, 4.69) is 25.0 Å². The standard InChI is InChI=1S/C18H22F3N5O3/c1-10(2)24-16(27)12-6-22-15-14(12)25-13(7-23-15)26-5-3-4-11(8-26)9-29-17(28)18(19,20)21/h6-7,10-11H,3-5,8-9H2,1-2H3,(H,22,23)(H,24,27). The van der Waals surface area contributed by atoms with Crippen molar-refractivity contribution in [1.29, 1.82) is 0 Å². The highest BCUT2D eigenvalue weighted by atomic mass is 19.4. The summed E-state index contributed by atoms with van der Waals surface area (Å²) in [5, 5.41) is 2.80. The van der Waals surface area contributed by atoms with Crippen LogP contribution in [0.2, 0.25) is 0 Å². The molecule has 2 N–H and O–H groups in total. The third-order valence-electron chi connectivity index (χ3n) is 4.56. The van der Waals surface area contributed by atoms with Crippen molar-refractivity contribution in [2.75, 3.05) is 24.6 Å². The summed E-state index contributed by atoms with van der Waals surface area (Å²) in [7, 11) is 0. The predicted molar refractivity (Wildman–Crippen MR) is 98.4 cm³/mol. The molecule has 1 amide bonds. The van der Waals surface area contributed by atoms with Crippen LogP contribution in [-0.2, 0) is 9.53 Å². The minimum absolute atomic E-state index is 0.0362. The van der Waals surface area contributed by atoms with E-state index in [9.17, 15) is 22.8 Å². The van der Waals surface area contributed by atoms with Crippen LogP contribution in [0.1, 0.15) is 37.0 Å². The Morgan fingerprint density at radius 1 is 1.41 bits per heavy atom. The minimum atomic E-state index is -4.99. The zero-order chi connectivity index (χ0) is 21.2. The van der Waals surface area contributed by atoms with Crippen molar-refractivity contribution >= 4 is 28.9 Å². The molecule has 0 radical (unpaired) electrons. The maximum Gasteiger partial charge on any atom is 0.490 e. The largest absolute Gasteiger partial charge is 0.490 e. The van der Waals surface area contributed by atoms with Crippen LogP contribution >= 0.6 is 0 Å². The van der Waals surface area contributed by atoms with E-state index >= 15 is 0 Å². The second-order valence-corrected chi connectivity index (χ2v) is 7.31. The highest BCUT2D eigenvalue weighted by Gasteiger charge is 2.41. The van der Waals surface area contributed by atoms with Gasteiger partial charge < -0.3 is 19.9 Å². The summed E-state index contributed by atoms with van der Waals surface area (Å²) in [6, 6.07) is -0.0362. The third kappa shape index (κ3) is 4.96. The van der Waals surface area contributed by atoms with Crippen molar-refractivity contribution in [2.45, 2.75) is 38.9 Å². The number of esters is 1. The first kappa shape index (κ1) is 20.9. The SMILES string of the molecule is CC(C)NC(=O)c1c[nH]c2ncc(N3CCCC(COC(=O)C(F)(F)F)C3)nc12. The average molecular weight is 413 g/mol. The molecule has 158 valence electrons. The Morgan fingerprint density at radius 3 is 2.86 bits per heavy atom. The topological polar surface area (TPSA) is 100 Å². The smallest absolute Gasteiger partial charge is 0.459 e. The lowest BCUT2D eigenvalue weighted by atomic mass is 9.99. The molecular weight excluding hydrogens is 391 g/mol. The number of nitrogens with one attached hydrogen (secondary N) is 2. The minimum Gasteiger partial charge on any atom is -0.459 e. The number of aromatic amines is 1. The summed E-state index contributed by atoms with van der Waals surface area (Å²) in [5.74, 6) is -2.18. The molecular formula is C18H22F3N5O3. The van der Waals surface area contributed by atoms with Crippen molar-refractivity contribution in [3.8, 4) is 0 Å². The van der Waals surface area contributed by atoms with E-state index < -0.39 is 12.1 Å². The number of carbonyl (C=O) groups is 2. The maximum atomic E-state index is 12.3. The molecule has 1 unspecified atom stereocenters. The van der Waals surface area contributed by atoms with Crippen molar-refractivity contribution < 1.29 is 27.5 Å². The second-order valence-electron chi connectivity index (χ2n) is 7.31. The molecule has 0 aromatic carbocycles. The fraction of sp³-hybridized carbons (Fsp3) is 0.556. The number of halogens is 3. The van der Waals surface area contributed by atoms with Gasteiger partial charge >= 0.3 is 12.1 Å². The Morgan fingerprint density at radius 2 is 2.17 bits per heavy atom. The fourth-order valence-corrected chi connectivity index (χ4v) is 3.23. The van der Waals surface area contributed by atoms with Crippen LogP contribution in [-0.4, -0.2) is 58.7 Å². The summed E-state index contributed by atoms with van der Waals surface area (Å²) < 4.78 is 41.3. The Labute approximate surface area is 164 Å². The summed E-state index contributed by atoms with van der Waals surface area (Å²) in [4.78, 5) is 36.9. The van der Waals surface area contributed by atoms with Gasteiger partial charge in [-0.15, -0.1) is 0 Å². The number of anilines is 1. The summed E-state index contributed by atoms with van der Waals surface area (Å²) in [5.41, 5.74) is 1.26. The van der Waals surface area contributed by atoms with E-state index in [1.165, 1.54) is 0 Å². The molecule has 1 saturated heterocycles. The van der Waals surface area contributed by atoms with Gasteiger partial charge in [-0.1, -0.05) is 0 Å². The highest BCUT2D eigenvalue weighted by Crippen LogP contribution is 2.25. The van der Waals surface area contributed by atoms with Gasteiger partial charge in [-0.05, 0) is 26.7 Å². The number of carbonyl (C=O) groups excluding carboxylic acids is 2. The quantitative estimate of drug-likeness (QED) is 0.731. The van der Waals surface area contributed by atoms with Crippen LogP contribution in [0.15, 0.2) is 12.4 Å². The van der Waals surface area contributed by atoms with Gasteiger partial charge in [0.05, 0.1) is 18.4 Å². The Bertz CT molecular complexity index is 896. The fourth-order valence-electron chi connectivity index (χ4n) is 3.23. The van der Waals surface area contributed by atoms with Gasteiger partial charge in [0.25, 0.3) is 5.91 Å². The molecule has 0 saturated carbocycles. The number of hydrogen-bond acceptors (Lipinski definition) is 6.